The van der Waals surface area contributed by atoms with E-state index in [4.69, 9.17) is 27.9 Å². The van der Waals surface area contributed by atoms with Crippen LogP contribution in [-0.4, -0.2) is 41.5 Å². The number of nitrogens with zero attached hydrogens (tertiary/aromatic N) is 1. The lowest BCUT2D eigenvalue weighted by molar-refractivity contribution is 0.200. The predicted octanol–water partition coefficient (Wildman–Crippen LogP) is 0.972. The molecule has 0 spiro atoms. The molecule has 9 heteroatoms. The van der Waals surface area contributed by atoms with Crippen molar-refractivity contribution in [3.63, 3.8) is 0 Å². The Hall–Kier alpha value is -1.73. The van der Waals surface area contributed by atoms with Crippen molar-refractivity contribution in [3.05, 3.63) is 28.7 Å². The lowest BCUT2D eigenvalue weighted by Crippen LogP contribution is -2.38. The monoisotopic (exact) mass is 321 g/mol. The van der Waals surface area contributed by atoms with Crippen molar-refractivity contribution in [2.45, 2.75) is 0 Å². The summed E-state index contributed by atoms with van der Waals surface area (Å²) in [6, 6.07) is 2.04. The van der Waals surface area contributed by atoms with Gasteiger partial charge in [-0.05, 0) is 12.1 Å². The van der Waals surface area contributed by atoms with Crippen molar-refractivity contribution in [1.82, 2.24) is 15.2 Å². The molecule has 2 amide bonds. The molecule has 0 aromatic carbocycles. The number of hydrogen-bond acceptors (Lipinski definition) is 4. The van der Waals surface area contributed by atoms with Gasteiger partial charge < -0.3 is 15.4 Å². The summed E-state index contributed by atoms with van der Waals surface area (Å²) in [7, 11) is 0. The van der Waals surface area contributed by atoms with Crippen LogP contribution in [0.15, 0.2) is 23.1 Å². The molecule has 20 heavy (non-hydrogen) atoms. The van der Waals surface area contributed by atoms with Crippen molar-refractivity contribution < 1.29 is 14.3 Å². The fraction of sp³-hybridized carbons (Fsp3) is 0.364. The third-order valence-corrected chi connectivity index (χ3v) is 2.45. The van der Waals surface area contributed by atoms with Gasteiger partial charge in [-0.25, -0.2) is 14.2 Å². The van der Waals surface area contributed by atoms with Crippen LogP contribution in [-0.2, 0) is 0 Å². The smallest absolute Gasteiger partial charge is 0.404 e. The average Bonchev–Trinajstić information content (AvgIpc) is 2.44. The van der Waals surface area contributed by atoms with Gasteiger partial charge in [-0.1, -0.05) is 0 Å². The van der Waals surface area contributed by atoms with Crippen LogP contribution in [0.5, 0.6) is 5.75 Å². The summed E-state index contributed by atoms with van der Waals surface area (Å²) >= 11 is 10.8. The van der Waals surface area contributed by atoms with Crippen molar-refractivity contribution in [1.29, 1.82) is 0 Å². The van der Waals surface area contributed by atoms with E-state index in [0.717, 1.165) is 4.57 Å². The zero-order valence-corrected chi connectivity index (χ0v) is 11.9. The van der Waals surface area contributed by atoms with Crippen LogP contribution in [0.1, 0.15) is 0 Å². The number of ether oxygens (including phenoxy) is 1. The third-order valence-electron chi connectivity index (χ3n) is 2.07. The first-order chi connectivity index (χ1) is 9.60. The Bertz CT molecular complexity index is 533. The second-order valence-electron chi connectivity index (χ2n) is 3.47. The quantitative estimate of drug-likeness (QED) is 0.791. The van der Waals surface area contributed by atoms with E-state index in [1.165, 1.54) is 18.3 Å². The molecule has 1 aromatic rings. The fourth-order valence-corrected chi connectivity index (χ4v) is 1.43. The molecule has 1 aromatic heterocycles. The Morgan fingerprint density at radius 1 is 1.20 bits per heavy atom. The summed E-state index contributed by atoms with van der Waals surface area (Å²) in [5, 5.41) is 4.75. The molecule has 0 bridgehead atoms. The highest BCUT2D eigenvalue weighted by Gasteiger charge is 2.12. The van der Waals surface area contributed by atoms with Gasteiger partial charge in [0.1, 0.15) is 0 Å². The molecule has 0 aliphatic heterocycles. The molecule has 0 saturated carbocycles. The number of pyridine rings is 1. The van der Waals surface area contributed by atoms with E-state index in [1.807, 2.05) is 0 Å². The van der Waals surface area contributed by atoms with Crippen LogP contribution in [0.2, 0.25) is 0 Å². The summed E-state index contributed by atoms with van der Waals surface area (Å²) in [5.41, 5.74) is -0.749. The van der Waals surface area contributed by atoms with Crippen LogP contribution in [0.4, 0.5) is 9.59 Å². The molecule has 0 atom stereocenters. The Kier molecular flexibility index (Phi) is 6.89. The van der Waals surface area contributed by atoms with E-state index in [-0.39, 0.29) is 30.6 Å². The number of hydrogen-bond donors (Lipinski definition) is 2. The Morgan fingerprint density at radius 3 is 2.50 bits per heavy atom. The van der Waals surface area contributed by atoms with E-state index >= 15 is 0 Å². The summed E-state index contributed by atoms with van der Waals surface area (Å²) < 4.78 is 5.58. The summed E-state index contributed by atoms with van der Waals surface area (Å²) in [6.07, 6.45) is 0.441. The standard InChI is InChI=1S/C11H13Cl2N3O4/c12-3-5-14-10(18)16-7-1-2-8(9(16)17)20-11(19)15-6-4-13/h1-2,7H,3-6H2,(H,14,18)(H,15,19). The topological polar surface area (TPSA) is 89.4 Å². The normalized spacial score (nSPS) is 9.90. The molecule has 7 nitrogen and oxygen atoms in total. The van der Waals surface area contributed by atoms with Crippen LogP contribution in [0.25, 0.3) is 0 Å². The molecule has 1 rings (SSSR count). The maximum absolute atomic E-state index is 11.9. The molecule has 0 aliphatic carbocycles. The molecule has 110 valence electrons. The second-order valence-corrected chi connectivity index (χ2v) is 4.23. The SMILES string of the molecule is O=C(NCCCl)Oc1cccn(C(=O)NCCCl)c1=O. The number of halogens is 2. The van der Waals surface area contributed by atoms with Crippen molar-refractivity contribution >= 4 is 35.3 Å². The van der Waals surface area contributed by atoms with Gasteiger partial charge in [0.2, 0.25) is 0 Å². The predicted molar refractivity (Wildman–Crippen MR) is 75.0 cm³/mol. The maximum atomic E-state index is 11.9. The number of carbonyl (C=O) groups excluding carboxylic acids is 2. The van der Waals surface area contributed by atoms with Gasteiger partial charge in [-0.15, -0.1) is 23.2 Å². The number of carbonyl (C=O) groups is 2. The number of nitrogens with one attached hydrogen (secondary N) is 2. The highest BCUT2D eigenvalue weighted by molar-refractivity contribution is 6.18. The summed E-state index contributed by atoms with van der Waals surface area (Å²) in [4.78, 5) is 34.9. The Morgan fingerprint density at radius 2 is 1.85 bits per heavy atom. The number of aromatic nitrogens is 1. The van der Waals surface area contributed by atoms with E-state index in [0.29, 0.717) is 0 Å². The number of alkyl halides is 2. The highest BCUT2D eigenvalue weighted by atomic mass is 35.5. The molecule has 2 N–H and O–H groups in total. The van der Waals surface area contributed by atoms with Crippen LogP contribution in [0, 0.1) is 0 Å². The molecule has 0 radical (unpaired) electrons. The largest absolute Gasteiger partial charge is 0.412 e. The van der Waals surface area contributed by atoms with E-state index in [1.54, 1.807) is 0 Å². The van der Waals surface area contributed by atoms with Gasteiger partial charge in [0.15, 0.2) is 5.75 Å². The van der Waals surface area contributed by atoms with Gasteiger partial charge in [0.05, 0.1) is 0 Å². The van der Waals surface area contributed by atoms with Crippen molar-refractivity contribution in [2.24, 2.45) is 0 Å². The van der Waals surface area contributed by atoms with Gasteiger partial charge in [-0.3, -0.25) is 4.79 Å². The van der Waals surface area contributed by atoms with Crippen LogP contribution >= 0.6 is 23.2 Å². The molecule has 0 fully saturated rings. The summed E-state index contributed by atoms with van der Waals surface area (Å²) in [6.45, 7) is 0.422. The first-order valence-corrected chi connectivity index (χ1v) is 6.74. The minimum Gasteiger partial charge on any atom is -0.404 e. The minimum atomic E-state index is -0.818. The van der Waals surface area contributed by atoms with E-state index in [9.17, 15) is 14.4 Å². The van der Waals surface area contributed by atoms with Gasteiger partial charge in [0.25, 0.3) is 0 Å². The van der Waals surface area contributed by atoms with Gasteiger partial charge >= 0.3 is 17.7 Å². The molecule has 0 unspecified atom stereocenters. The molecular weight excluding hydrogens is 309 g/mol. The summed E-state index contributed by atoms with van der Waals surface area (Å²) in [5.74, 6) is 0.174. The zero-order valence-electron chi connectivity index (χ0n) is 10.4. The first kappa shape index (κ1) is 16.3. The fourth-order valence-electron chi connectivity index (χ4n) is 1.24. The highest BCUT2D eigenvalue weighted by Crippen LogP contribution is 2.02. The minimum absolute atomic E-state index is 0.206. The van der Waals surface area contributed by atoms with Gasteiger partial charge in [-0.2, -0.15) is 0 Å². The molecule has 1 heterocycles. The zero-order chi connectivity index (χ0) is 15.0. The van der Waals surface area contributed by atoms with Crippen LogP contribution in [0.3, 0.4) is 0 Å². The third kappa shape index (κ3) is 4.75. The van der Waals surface area contributed by atoms with Crippen LogP contribution < -0.4 is 20.9 Å². The Labute approximate surface area is 124 Å². The second kappa shape index (κ2) is 8.44. The first-order valence-electron chi connectivity index (χ1n) is 5.67. The van der Waals surface area contributed by atoms with Crippen molar-refractivity contribution in [2.75, 3.05) is 24.8 Å². The lowest BCUT2D eigenvalue weighted by Gasteiger charge is -2.08. The Balaban J connectivity index is 2.82. The number of rotatable bonds is 5. The lowest BCUT2D eigenvalue weighted by atomic mass is 10.4. The van der Waals surface area contributed by atoms with Gasteiger partial charge in [0, 0.05) is 31.0 Å². The molecular formula is C11H13Cl2N3O4. The van der Waals surface area contributed by atoms with E-state index in [2.05, 4.69) is 10.6 Å². The molecule has 0 aliphatic rings. The average molecular weight is 322 g/mol. The number of amides is 2. The van der Waals surface area contributed by atoms with E-state index < -0.39 is 17.7 Å². The van der Waals surface area contributed by atoms with Crippen molar-refractivity contribution in [3.8, 4) is 5.75 Å². The molecule has 0 saturated heterocycles. The maximum Gasteiger partial charge on any atom is 0.412 e.